The molecular weight excluding hydrogens is 220 g/mol. The van der Waals surface area contributed by atoms with Gasteiger partial charge in [-0.2, -0.15) is 5.26 Å². The molecule has 1 aliphatic carbocycles. The van der Waals surface area contributed by atoms with Gasteiger partial charge in [0.2, 0.25) is 0 Å². The van der Waals surface area contributed by atoms with Gasteiger partial charge in [-0.1, -0.05) is 31.9 Å². The van der Waals surface area contributed by atoms with Crippen LogP contribution in [0.3, 0.4) is 0 Å². The van der Waals surface area contributed by atoms with E-state index in [-0.39, 0.29) is 0 Å². The molecule has 1 aromatic carbocycles. The molecule has 18 heavy (non-hydrogen) atoms. The van der Waals surface area contributed by atoms with Crippen molar-refractivity contribution in [2.45, 2.75) is 39.2 Å². The summed E-state index contributed by atoms with van der Waals surface area (Å²) in [6.45, 7) is 5.63. The molecule has 1 aromatic rings. The van der Waals surface area contributed by atoms with Crippen LogP contribution in [-0.2, 0) is 0 Å². The van der Waals surface area contributed by atoms with Gasteiger partial charge >= 0.3 is 0 Å². The summed E-state index contributed by atoms with van der Waals surface area (Å²) in [6.07, 6.45) is 4.12. The Morgan fingerprint density at radius 2 is 2.28 bits per heavy atom. The number of nitrogens with zero attached hydrogens (tertiary/aromatic N) is 1. The molecule has 0 heterocycles. The van der Waals surface area contributed by atoms with E-state index in [0.29, 0.717) is 6.04 Å². The van der Waals surface area contributed by atoms with Gasteiger partial charge in [0.05, 0.1) is 11.6 Å². The minimum atomic E-state index is 0.325. The average molecular weight is 242 g/mol. The van der Waals surface area contributed by atoms with E-state index in [1.54, 1.807) is 0 Å². The highest BCUT2D eigenvalue weighted by molar-refractivity contribution is 5.34. The first kappa shape index (κ1) is 13.1. The van der Waals surface area contributed by atoms with Crippen molar-refractivity contribution >= 4 is 0 Å². The first-order valence-corrected chi connectivity index (χ1v) is 6.94. The lowest BCUT2D eigenvalue weighted by atomic mass is 9.97. The average Bonchev–Trinajstić information content (AvgIpc) is 2.81. The summed E-state index contributed by atoms with van der Waals surface area (Å²) < 4.78 is 0. The fourth-order valence-electron chi connectivity index (χ4n) is 2.85. The predicted molar refractivity (Wildman–Crippen MR) is 74.1 cm³/mol. The van der Waals surface area contributed by atoms with E-state index in [0.717, 1.165) is 23.9 Å². The number of hydrogen-bond donors (Lipinski definition) is 1. The normalized spacial score (nSPS) is 24.7. The van der Waals surface area contributed by atoms with Gasteiger partial charge in [-0.05, 0) is 49.4 Å². The molecule has 3 atom stereocenters. The Morgan fingerprint density at radius 1 is 1.44 bits per heavy atom. The van der Waals surface area contributed by atoms with Crippen LogP contribution in [0, 0.1) is 23.2 Å². The van der Waals surface area contributed by atoms with Crippen molar-refractivity contribution in [1.82, 2.24) is 5.32 Å². The largest absolute Gasteiger partial charge is 0.310 e. The van der Waals surface area contributed by atoms with Gasteiger partial charge in [0, 0.05) is 6.04 Å². The smallest absolute Gasteiger partial charge is 0.0991 e. The fourth-order valence-corrected chi connectivity index (χ4v) is 2.85. The molecule has 1 N–H and O–H groups in total. The van der Waals surface area contributed by atoms with Crippen LogP contribution >= 0.6 is 0 Å². The molecule has 2 heteroatoms. The molecule has 1 fully saturated rings. The highest BCUT2D eigenvalue weighted by Gasteiger charge is 2.23. The van der Waals surface area contributed by atoms with Crippen LogP contribution in [-0.4, -0.2) is 6.54 Å². The highest BCUT2D eigenvalue weighted by atomic mass is 14.9. The third-order valence-corrected chi connectivity index (χ3v) is 4.24. The van der Waals surface area contributed by atoms with Crippen molar-refractivity contribution < 1.29 is 0 Å². The van der Waals surface area contributed by atoms with Crippen molar-refractivity contribution in [1.29, 1.82) is 5.26 Å². The Balaban J connectivity index is 1.91. The molecule has 2 nitrogen and oxygen atoms in total. The van der Waals surface area contributed by atoms with Crippen LogP contribution in [0.4, 0.5) is 0 Å². The second kappa shape index (κ2) is 6.02. The molecule has 96 valence electrons. The molecule has 0 saturated heterocycles. The second-order valence-corrected chi connectivity index (χ2v) is 5.54. The van der Waals surface area contributed by atoms with E-state index in [9.17, 15) is 0 Å². The first-order chi connectivity index (χ1) is 8.70. The van der Waals surface area contributed by atoms with Crippen LogP contribution in [0.5, 0.6) is 0 Å². The van der Waals surface area contributed by atoms with Gasteiger partial charge in [-0.3, -0.25) is 0 Å². The van der Waals surface area contributed by atoms with Crippen LogP contribution in [0.2, 0.25) is 0 Å². The van der Waals surface area contributed by atoms with Gasteiger partial charge in [-0.15, -0.1) is 0 Å². The third-order valence-electron chi connectivity index (χ3n) is 4.24. The topological polar surface area (TPSA) is 35.8 Å². The van der Waals surface area contributed by atoms with E-state index < -0.39 is 0 Å². The van der Waals surface area contributed by atoms with Crippen LogP contribution in [0.1, 0.15) is 50.3 Å². The monoisotopic (exact) mass is 242 g/mol. The summed E-state index contributed by atoms with van der Waals surface area (Å²) in [5.74, 6) is 1.68. The Hall–Kier alpha value is -1.33. The zero-order chi connectivity index (χ0) is 13.0. The van der Waals surface area contributed by atoms with Gasteiger partial charge < -0.3 is 5.32 Å². The van der Waals surface area contributed by atoms with Crippen molar-refractivity contribution in [2.24, 2.45) is 11.8 Å². The zero-order valence-electron chi connectivity index (χ0n) is 11.3. The molecule has 1 saturated carbocycles. The number of rotatable bonds is 4. The summed E-state index contributed by atoms with van der Waals surface area (Å²) >= 11 is 0. The zero-order valence-corrected chi connectivity index (χ0v) is 11.3. The number of nitrogens with one attached hydrogen (secondary N) is 1. The number of benzene rings is 1. The third kappa shape index (κ3) is 3.11. The lowest BCUT2D eigenvalue weighted by molar-refractivity contribution is 0.375. The lowest BCUT2D eigenvalue weighted by Crippen LogP contribution is -2.27. The minimum Gasteiger partial charge on any atom is -0.310 e. The van der Waals surface area contributed by atoms with Gasteiger partial charge in [0.1, 0.15) is 0 Å². The Bertz CT molecular complexity index is 433. The van der Waals surface area contributed by atoms with E-state index in [1.165, 1.54) is 24.8 Å². The van der Waals surface area contributed by atoms with Crippen LogP contribution < -0.4 is 5.32 Å². The molecule has 0 aliphatic heterocycles. The van der Waals surface area contributed by atoms with Gasteiger partial charge in [-0.25, -0.2) is 0 Å². The van der Waals surface area contributed by atoms with Crippen molar-refractivity contribution in [2.75, 3.05) is 6.54 Å². The SMILES string of the molecule is CC(NCC1CCCC1C)c1cccc(C#N)c1. The van der Waals surface area contributed by atoms with E-state index >= 15 is 0 Å². The summed E-state index contributed by atoms with van der Waals surface area (Å²) in [5.41, 5.74) is 1.95. The first-order valence-electron chi connectivity index (χ1n) is 6.94. The lowest BCUT2D eigenvalue weighted by Gasteiger charge is -2.20. The molecular formula is C16H22N2. The Morgan fingerprint density at radius 3 is 2.94 bits per heavy atom. The maximum atomic E-state index is 8.91. The van der Waals surface area contributed by atoms with Gasteiger partial charge in [0.25, 0.3) is 0 Å². The molecule has 0 bridgehead atoms. The Labute approximate surface area is 110 Å². The standard InChI is InChI=1S/C16H22N2/c1-12-5-3-8-16(12)11-18-13(2)15-7-4-6-14(9-15)10-17/h4,6-7,9,12-13,16,18H,3,5,8,11H2,1-2H3. The van der Waals surface area contributed by atoms with Crippen molar-refractivity contribution in [3.05, 3.63) is 35.4 Å². The molecule has 3 unspecified atom stereocenters. The maximum absolute atomic E-state index is 8.91. The second-order valence-electron chi connectivity index (χ2n) is 5.54. The van der Waals surface area contributed by atoms with E-state index in [2.05, 4.69) is 31.3 Å². The molecule has 2 rings (SSSR count). The Kier molecular flexibility index (Phi) is 4.38. The molecule has 0 amide bonds. The molecule has 1 aliphatic rings. The van der Waals surface area contributed by atoms with Crippen molar-refractivity contribution in [3.8, 4) is 6.07 Å². The fraction of sp³-hybridized carbons (Fsp3) is 0.562. The number of hydrogen-bond acceptors (Lipinski definition) is 2. The summed E-state index contributed by atoms with van der Waals surface area (Å²) in [4.78, 5) is 0. The summed E-state index contributed by atoms with van der Waals surface area (Å²) in [7, 11) is 0. The summed E-state index contributed by atoms with van der Waals surface area (Å²) in [5, 5.41) is 12.5. The quantitative estimate of drug-likeness (QED) is 0.875. The summed E-state index contributed by atoms with van der Waals surface area (Å²) in [6, 6.07) is 10.4. The minimum absolute atomic E-state index is 0.325. The molecule has 0 radical (unpaired) electrons. The highest BCUT2D eigenvalue weighted by Crippen LogP contribution is 2.31. The number of nitriles is 1. The van der Waals surface area contributed by atoms with Crippen LogP contribution in [0.25, 0.3) is 0 Å². The van der Waals surface area contributed by atoms with E-state index in [4.69, 9.17) is 5.26 Å². The maximum Gasteiger partial charge on any atom is 0.0991 e. The molecule has 0 aromatic heterocycles. The van der Waals surface area contributed by atoms with Gasteiger partial charge in [0.15, 0.2) is 0 Å². The van der Waals surface area contributed by atoms with Crippen LogP contribution in [0.15, 0.2) is 24.3 Å². The molecule has 0 spiro atoms. The van der Waals surface area contributed by atoms with E-state index in [1.807, 2.05) is 18.2 Å². The predicted octanol–water partition coefficient (Wildman–Crippen LogP) is 3.65. The van der Waals surface area contributed by atoms with Crippen molar-refractivity contribution in [3.63, 3.8) is 0 Å².